The van der Waals surface area contributed by atoms with E-state index < -0.39 is 0 Å². The van der Waals surface area contributed by atoms with Crippen LogP contribution in [0.3, 0.4) is 0 Å². The summed E-state index contributed by atoms with van der Waals surface area (Å²) in [7, 11) is 1.74. The van der Waals surface area contributed by atoms with Crippen LogP contribution >= 0.6 is 0 Å². The predicted octanol–water partition coefficient (Wildman–Crippen LogP) is -2.58. The first-order valence-electron chi connectivity index (χ1n) is 6.39. The minimum atomic E-state index is -0.340. The highest BCUT2D eigenvalue weighted by atomic mass is 16.5. The van der Waals surface area contributed by atoms with E-state index in [2.05, 4.69) is 0 Å². The molecular formula is C11H23BN2O5. The van der Waals surface area contributed by atoms with Crippen LogP contribution in [0.15, 0.2) is 0 Å². The zero-order valence-electron chi connectivity index (χ0n) is 11.4. The minimum Gasteiger partial charge on any atom is -0.394 e. The van der Waals surface area contributed by atoms with E-state index in [9.17, 15) is 9.59 Å². The average molecular weight is 274 g/mol. The van der Waals surface area contributed by atoms with Gasteiger partial charge in [-0.3, -0.25) is 4.79 Å². The summed E-state index contributed by atoms with van der Waals surface area (Å²) in [5.74, 6) is -0.103. The zero-order chi connectivity index (χ0) is 14.5. The molecule has 3 N–H and O–H groups in total. The third-order valence-corrected chi connectivity index (χ3v) is 2.34. The van der Waals surface area contributed by atoms with Crippen LogP contribution < -0.4 is 5.73 Å². The van der Waals surface area contributed by atoms with Crippen LogP contribution in [-0.2, 0) is 19.1 Å². The van der Waals surface area contributed by atoms with E-state index in [4.69, 9.17) is 20.3 Å². The fourth-order valence-corrected chi connectivity index (χ4v) is 1.45. The first-order valence-corrected chi connectivity index (χ1v) is 6.39. The Morgan fingerprint density at radius 2 is 2.05 bits per heavy atom. The van der Waals surface area contributed by atoms with Crippen LogP contribution in [0.4, 0.5) is 0 Å². The molecule has 0 aromatic heterocycles. The summed E-state index contributed by atoms with van der Waals surface area (Å²) >= 11 is 0. The van der Waals surface area contributed by atoms with Gasteiger partial charge in [0.05, 0.1) is 39.6 Å². The molecule has 110 valence electrons. The van der Waals surface area contributed by atoms with Crippen molar-refractivity contribution < 1.29 is 24.2 Å². The molecule has 0 aliphatic carbocycles. The highest BCUT2D eigenvalue weighted by molar-refractivity contribution is 6.19. The van der Waals surface area contributed by atoms with Crippen molar-refractivity contribution in [3.63, 3.8) is 0 Å². The normalized spacial score (nSPS) is 12.1. The monoisotopic (exact) mass is 274 g/mol. The molecule has 0 aromatic rings. The van der Waals surface area contributed by atoms with Crippen molar-refractivity contribution in [2.24, 2.45) is 5.73 Å². The predicted molar refractivity (Wildman–Crippen MR) is 72.7 cm³/mol. The SMILES string of the molecule is BCC(=O)N(CC=O)C[C@@H](N)COCCOCCO. The number of aldehydes is 1. The van der Waals surface area contributed by atoms with Crippen LogP contribution in [0, 0.1) is 0 Å². The maximum atomic E-state index is 11.5. The van der Waals surface area contributed by atoms with Crippen LogP contribution in [0.25, 0.3) is 0 Å². The highest BCUT2D eigenvalue weighted by Gasteiger charge is 2.14. The number of carbonyl (C=O) groups is 2. The van der Waals surface area contributed by atoms with Crippen molar-refractivity contribution in [3.05, 3.63) is 0 Å². The van der Waals surface area contributed by atoms with Crippen LogP contribution in [0.5, 0.6) is 0 Å². The van der Waals surface area contributed by atoms with E-state index in [0.717, 1.165) is 0 Å². The molecule has 0 saturated heterocycles. The minimum absolute atomic E-state index is 0.0146. The van der Waals surface area contributed by atoms with Crippen molar-refractivity contribution in [1.29, 1.82) is 0 Å². The maximum absolute atomic E-state index is 11.5. The molecule has 0 unspecified atom stereocenters. The molecule has 0 bridgehead atoms. The zero-order valence-corrected chi connectivity index (χ0v) is 11.4. The molecule has 8 heteroatoms. The largest absolute Gasteiger partial charge is 0.394 e. The lowest BCUT2D eigenvalue weighted by Gasteiger charge is -2.23. The molecule has 1 amide bonds. The number of hydrogen-bond acceptors (Lipinski definition) is 6. The molecule has 19 heavy (non-hydrogen) atoms. The fourth-order valence-electron chi connectivity index (χ4n) is 1.45. The van der Waals surface area contributed by atoms with Crippen LogP contribution in [-0.4, -0.2) is 82.2 Å². The quantitative estimate of drug-likeness (QED) is 0.230. The molecule has 0 fully saturated rings. The van der Waals surface area contributed by atoms with Gasteiger partial charge >= 0.3 is 0 Å². The van der Waals surface area contributed by atoms with Crippen molar-refractivity contribution in [3.8, 4) is 0 Å². The molecular weight excluding hydrogens is 251 g/mol. The molecule has 1 atom stereocenters. The second-order valence-electron chi connectivity index (χ2n) is 3.99. The molecule has 0 radical (unpaired) electrons. The molecule has 0 rings (SSSR count). The molecule has 0 aromatic carbocycles. The molecule has 0 aliphatic heterocycles. The van der Waals surface area contributed by atoms with Gasteiger partial charge in [-0.1, -0.05) is 0 Å². The Kier molecular flexibility index (Phi) is 11.5. The lowest BCUT2D eigenvalue weighted by atomic mass is 10.0. The van der Waals surface area contributed by atoms with E-state index >= 15 is 0 Å². The smallest absolute Gasteiger partial charge is 0.215 e. The Balaban J connectivity index is 3.77. The number of nitrogens with zero attached hydrogens (tertiary/aromatic N) is 1. The highest BCUT2D eigenvalue weighted by Crippen LogP contribution is 1.95. The van der Waals surface area contributed by atoms with Crippen molar-refractivity contribution in [1.82, 2.24) is 4.90 Å². The lowest BCUT2D eigenvalue weighted by Crippen LogP contribution is -2.44. The number of amides is 1. The summed E-state index contributed by atoms with van der Waals surface area (Å²) in [6, 6.07) is -0.340. The van der Waals surface area contributed by atoms with E-state index in [1.165, 1.54) is 4.90 Å². The second kappa shape index (κ2) is 12.1. The number of aliphatic hydroxyl groups excluding tert-OH is 1. The van der Waals surface area contributed by atoms with Crippen molar-refractivity contribution in [2.45, 2.75) is 12.4 Å². The van der Waals surface area contributed by atoms with Gasteiger partial charge in [-0.05, 0) is 6.32 Å². The number of aliphatic hydroxyl groups is 1. The molecule has 0 spiro atoms. The molecule has 0 saturated carbocycles. The van der Waals surface area contributed by atoms with Gasteiger partial charge in [0.25, 0.3) is 0 Å². The lowest BCUT2D eigenvalue weighted by molar-refractivity contribution is -0.131. The van der Waals surface area contributed by atoms with Gasteiger partial charge in [-0.2, -0.15) is 0 Å². The summed E-state index contributed by atoms with van der Waals surface area (Å²) < 4.78 is 10.3. The molecule has 7 nitrogen and oxygen atoms in total. The average Bonchev–Trinajstić information content (AvgIpc) is 2.41. The molecule has 0 heterocycles. The van der Waals surface area contributed by atoms with E-state index in [-0.39, 0.29) is 38.3 Å². The number of ether oxygens (including phenoxy) is 2. The van der Waals surface area contributed by atoms with E-state index in [0.29, 0.717) is 32.4 Å². The van der Waals surface area contributed by atoms with E-state index in [1.54, 1.807) is 7.85 Å². The van der Waals surface area contributed by atoms with Crippen molar-refractivity contribution >= 4 is 20.0 Å². The molecule has 0 aliphatic rings. The maximum Gasteiger partial charge on any atom is 0.215 e. The van der Waals surface area contributed by atoms with E-state index in [1.807, 2.05) is 0 Å². The van der Waals surface area contributed by atoms with Gasteiger partial charge in [0.15, 0.2) is 0 Å². The van der Waals surface area contributed by atoms with Gasteiger partial charge in [0.2, 0.25) is 5.91 Å². The summed E-state index contributed by atoms with van der Waals surface area (Å²) in [5, 5.41) is 8.48. The Hall–Kier alpha value is -0.955. The van der Waals surface area contributed by atoms with Gasteiger partial charge in [-0.15, -0.1) is 0 Å². The Morgan fingerprint density at radius 3 is 2.63 bits per heavy atom. The Bertz CT molecular complexity index is 255. The summed E-state index contributed by atoms with van der Waals surface area (Å²) in [4.78, 5) is 23.4. The van der Waals surface area contributed by atoms with Gasteiger partial charge in [0.1, 0.15) is 14.1 Å². The third-order valence-electron chi connectivity index (χ3n) is 2.34. The second-order valence-corrected chi connectivity index (χ2v) is 3.99. The number of hydrogen-bond donors (Lipinski definition) is 2. The topological polar surface area (TPSA) is 102 Å². The van der Waals surface area contributed by atoms with Gasteiger partial charge in [-0.25, -0.2) is 0 Å². The van der Waals surface area contributed by atoms with Crippen LogP contribution in [0.1, 0.15) is 0 Å². The number of carbonyl (C=O) groups excluding carboxylic acids is 2. The third kappa shape index (κ3) is 9.60. The summed E-state index contributed by atoms with van der Waals surface area (Å²) in [6.07, 6.45) is 1.03. The van der Waals surface area contributed by atoms with Gasteiger partial charge in [0, 0.05) is 12.6 Å². The van der Waals surface area contributed by atoms with Gasteiger partial charge < -0.3 is 30.0 Å². The Labute approximate surface area is 114 Å². The first kappa shape index (κ1) is 18.0. The summed E-state index contributed by atoms with van der Waals surface area (Å²) in [5.41, 5.74) is 5.82. The standard InChI is InChI=1S/C11H23BN2O5/c12-7-11(17)14(1-2-15)8-10(13)9-19-6-5-18-4-3-16/h2,10,16H,1,3-9,12-13H2/t10-/m1/s1. The van der Waals surface area contributed by atoms with Crippen LogP contribution in [0.2, 0.25) is 6.32 Å². The number of rotatable bonds is 12. The fraction of sp³-hybridized carbons (Fsp3) is 0.818. The number of nitrogens with two attached hydrogens (primary N) is 1. The Morgan fingerprint density at radius 1 is 1.37 bits per heavy atom. The summed E-state index contributed by atoms with van der Waals surface area (Å²) in [6.45, 7) is 1.67. The van der Waals surface area contributed by atoms with Crippen molar-refractivity contribution in [2.75, 3.05) is 46.1 Å². The first-order chi connectivity index (χ1) is 9.15.